The van der Waals surface area contributed by atoms with Crippen molar-refractivity contribution in [1.82, 2.24) is 0 Å². The third-order valence-corrected chi connectivity index (χ3v) is 2.58. The molecule has 2 atom stereocenters. The molecular formula is C13H18F2N2O2. The Morgan fingerprint density at radius 1 is 1.32 bits per heavy atom. The Morgan fingerprint density at radius 3 is 2.26 bits per heavy atom. The molecule has 0 radical (unpaired) electrons. The molecular weight excluding hydrogens is 254 g/mol. The fraction of sp³-hybridized carbons (Fsp3) is 0.462. The first kappa shape index (κ1) is 15.4. The Balaban J connectivity index is 2.82. The largest absolute Gasteiger partial charge is 0.487 e. The van der Waals surface area contributed by atoms with Crippen LogP contribution in [0.1, 0.15) is 19.4 Å². The van der Waals surface area contributed by atoms with Crippen molar-refractivity contribution in [3.05, 3.63) is 29.3 Å². The Morgan fingerprint density at radius 2 is 1.84 bits per heavy atom. The van der Waals surface area contributed by atoms with E-state index in [9.17, 15) is 13.6 Å². The van der Waals surface area contributed by atoms with E-state index in [1.165, 1.54) is 19.1 Å². The number of amides is 1. The van der Waals surface area contributed by atoms with Crippen molar-refractivity contribution in [2.24, 2.45) is 17.4 Å². The molecule has 4 N–H and O–H groups in total. The van der Waals surface area contributed by atoms with Crippen molar-refractivity contribution in [1.29, 1.82) is 0 Å². The van der Waals surface area contributed by atoms with Crippen molar-refractivity contribution in [3.63, 3.8) is 0 Å². The minimum Gasteiger partial charge on any atom is -0.487 e. The van der Waals surface area contributed by atoms with Crippen LogP contribution < -0.4 is 16.2 Å². The van der Waals surface area contributed by atoms with Crippen LogP contribution in [0, 0.1) is 17.6 Å². The van der Waals surface area contributed by atoms with E-state index in [1.54, 1.807) is 6.92 Å². The zero-order valence-electron chi connectivity index (χ0n) is 11.0. The molecule has 0 aliphatic rings. The number of hydrogen-bond donors (Lipinski definition) is 2. The molecule has 0 saturated heterocycles. The number of hydrogen-bond acceptors (Lipinski definition) is 3. The van der Waals surface area contributed by atoms with E-state index in [1.807, 2.05) is 0 Å². The fourth-order valence-electron chi connectivity index (χ4n) is 1.53. The second kappa shape index (κ2) is 6.47. The third-order valence-electron chi connectivity index (χ3n) is 2.58. The van der Waals surface area contributed by atoms with Gasteiger partial charge in [-0.1, -0.05) is 6.92 Å². The topological polar surface area (TPSA) is 78.3 Å². The monoisotopic (exact) mass is 272 g/mol. The molecule has 106 valence electrons. The molecule has 0 bridgehead atoms. The van der Waals surface area contributed by atoms with Gasteiger partial charge in [0, 0.05) is 6.04 Å². The van der Waals surface area contributed by atoms with Crippen LogP contribution in [-0.4, -0.2) is 18.6 Å². The molecule has 0 fully saturated rings. The highest BCUT2D eigenvalue weighted by Crippen LogP contribution is 2.24. The van der Waals surface area contributed by atoms with Crippen LogP contribution >= 0.6 is 0 Å². The van der Waals surface area contributed by atoms with Crippen LogP contribution in [0.25, 0.3) is 0 Å². The van der Waals surface area contributed by atoms with Crippen molar-refractivity contribution >= 4 is 5.91 Å². The molecule has 0 saturated carbocycles. The quantitative estimate of drug-likeness (QED) is 0.820. The van der Waals surface area contributed by atoms with Gasteiger partial charge >= 0.3 is 0 Å². The molecule has 2 unspecified atom stereocenters. The lowest BCUT2D eigenvalue weighted by atomic mass is 10.1. The van der Waals surface area contributed by atoms with Crippen LogP contribution in [0.2, 0.25) is 0 Å². The predicted octanol–water partition coefficient (Wildman–Crippen LogP) is 1.35. The van der Waals surface area contributed by atoms with Crippen LogP contribution in [0.5, 0.6) is 5.75 Å². The summed E-state index contributed by atoms with van der Waals surface area (Å²) >= 11 is 0. The minimum atomic E-state index is -0.813. The lowest BCUT2D eigenvalue weighted by molar-refractivity contribution is -0.122. The summed E-state index contributed by atoms with van der Waals surface area (Å²) in [5.41, 5.74) is 11.1. The third kappa shape index (κ3) is 4.48. The summed E-state index contributed by atoms with van der Waals surface area (Å²) in [4.78, 5) is 10.8. The zero-order valence-corrected chi connectivity index (χ0v) is 11.0. The van der Waals surface area contributed by atoms with Gasteiger partial charge in [0.25, 0.3) is 0 Å². The van der Waals surface area contributed by atoms with Gasteiger partial charge < -0.3 is 16.2 Å². The maximum Gasteiger partial charge on any atom is 0.223 e. The number of rotatable bonds is 6. The molecule has 1 aromatic rings. The Labute approximate surface area is 110 Å². The van der Waals surface area contributed by atoms with Gasteiger partial charge in [-0.25, -0.2) is 8.78 Å². The van der Waals surface area contributed by atoms with Crippen molar-refractivity contribution < 1.29 is 18.3 Å². The second-order valence-corrected chi connectivity index (χ2v) is 4.68. The van der Waals surface area contributed by atoms with Crippen molar-refractivity contribution in [3.8, 4) is 5.75 Å². The highest BCUT2D eigenvalue weighted by atomic mass is 19.1. The number of benzene rings is 1. The molecule has 0 aromatic heterocycles. The molecule has 6 heteroatoms. The summed E-state index contributed by atoms with van der Waals surface area (Å²) in [7, 11) is 0. The first-order valence-electron chi connectivity index (χ1n) is 5.97. The van der Waals surface area contributed by atoms with E-state index in [0.29, 0.717) is 12.0 Å². The fourth-order valence-corrected chi connectivity index (χ4v) is 1.53. The molecule has 0 aliphatic carbocycles. The lowest BCUT2D eigenvalue weighted by Gasteiger charge is -2.13. The van der Waals surface area contributed by atoms with Gasteiger partial charge in [0.2, 0.25) is 5.91 Å². The number of carbonyl (C=O) groups excluding carboxylic acids is 1. The van der Waals surface area contributed by atoms with Crippen LogP contribution in [0.15, 0.2) is 12.1 Å². The van der Waals surface area contributed by atoms with E-state index in [2.05, 4.69) is 0 Å². The molecule has 4 nitrogen and oxygen atoms in total. The van der Waals surface area contributed by atoms with Crippen molar-refractivity contribution in [2.75, 3.05) is 6.61 Å². The summed E-state index contributed by atoms with van der Waals surface area (Å²) in [5.74, 6) is -3.34. The van der Waals surface area contributed by atoms with E-state index in [0.717, 1.165) is 0 Å². The van der Waals surface area contributed by atoms with Gasteiger partial charge in [-0.15, -0.1) is 0 Å². The summed E-state index contributed by atoms with van der Waals surface area (Å²) in [6.45, 7) is 3.09. The smallest absolute Gasteiger partial charge is 0.223 e. The summed E-state index contributed by atoms with van der Waals surface area (Å²) < 4.78 is 32.4. The van der Waals surface area contributed by atoms with Gasteiger partial charge in [-0.05, 0) is 31.0 Å². The van der Waals surface area contributed by atoms with Crippen LogP contribution in [0.3, 0.4) is 0 Å². The zero-order chi connectivity index (χ0) is 14.6. The molecule has 0 heterocycles. The lowest BCUT2D eigenvalue weighted by Crippen LogP contribution is -2.26. The first-order chi connectivity index (χ1) is 8.81. The van der Waals surface area contributed by atoms with Crippen LogP contribution in [0.4, 0.5) is 8.78 Å². The summed E-state index contributed by atoms with van der Waals surface area (Å²) in [6.07, 6.45) is 0.367. The van der Waals surface area contributed by atoms with Crippen molar-refractivity contribution in [2.45, 2.75) is 26.3 Å². The van der Waals surface area contributed by atoms with Gasteiger partial charge in [0.1, 0.15) is 0 Å². The maximum atomic E-state index is 13.7. The number of halogens is 2. The average Bonchev–Trinajstić information content (AvgIpc) is 2.26. The normalized spacial score (nSPS) is 13.9. The van der Waals surface area contributed by atoms with Gasteiger partial charge in [-0.3, -0.25) is 4.79 Å². The molecule has 0 spiro atoms. The Hall–Kier alpha value is -1.69. The Kier molecular flexibility index (Phi) is 5.23. The van der Waals surface area contributed by atoms with E-state index >= 15 is 0 Å². The number of carbonyl (C=O) groups is 1. The standard InChI is InChI=1S/C13H18F2N2O2/c1-7(13(17)18)6-19-12-10(14)4-9(3-8(2)16)5-11(12)15/h4-5,7-8H,3,6,16H2,1-2H3,(H2,17,18). The highest BCUT2D eigenvalue weighted by Gasteiger charge is 2.16. The Bertz CT molecular complexity index is 441. The van der Waals surface area contributed by atoms with Gasteiger partial charge in [0.15, 0.2) is 17.4 Å². The highest BCUT2D eigenvalue weighted by molar-refractivity contribution is 5.76. The summed E-state index contributed by atoms with van der Waals surface area (Å²) in [5, 5.41) is 0. The van der Waals surface area contributed by atoms with Gasteiger partial charge in [-0.2, -0.15) is 0 Å². The average molecular weight is 272 g/mol. The molecule has 1 rings (SSSR count). The van der Waals surface area contributed by atoms with E-state index in [4.69, 9.17) is 16.2 Å². The molecule has 1 amide bonds. The second-order valence-electron chi connectivity index (χ2n) is 4.68. The van der Waals surface area contributed by atoms with Gasteiger partial charge in [0.05, 0.1) is 12.5 Å². The minimum absolute atomic E-state index is 0.171. The predicted molar refractivity (Wildman–Crippen MR) is 67.6 cm³/mol. The van der Waals surface area contributed by atoms with E-state index < -0.39 is 29.2 Å². The number of primary amides is 1. The van der Waals surface area contributed by atoms with Crippen LogP contribution in [-0.2, 0) is 11.2 Å². The van der Waals surface area contributed by atoms with E-state index in [-0.39, 0.29) is 12.6 Å². The molecule has 0 aliphatic heterocycles. The molecule has 1 aromatic carbocycles. The maximum absolute atomic E-state index is 13.7. The number of nitrogens with two attached hydrogens (primary N) is 2. The first-order valence-corrected chi connectivity index (χ1v) is 5.97. The number of ether oxygens (including phenoxy) is 1. The summed E-state index contributed by atoms with van der Waals surface area (Å²) in [6, 6.07) is 2.16. The SMILES string of the molecule is CC(N)Cc1cc(F)c(OCC(C)C(N)=O)c(F)c1. The molecule has 19 heavy (non-hydrogen) atoms.